The Labute approximate surface area is 122 Å². The largest absolute Gasteiger partial charge is 0.497 e. The Morgan fingerprint density at radius 1 is 1.25 bits per heavy atom. The molecule has 4 heteroatoms. The molecule has 0 amide bonds. The first-order valence-electron chi connectivity index (χ1n) is 7.25. The van der Waals surface area contributed by atoms with Crippen LogP contribution in [-0.2, 0) is 0 Å². The highest BCUT2D eigenvalue weighted by Crippen LogP contribution is 2.22. The van der Waals surface area contributed by atoms with Gasteiger partial charge in [0.05, 0.1) is 7.11 Å². The van der Waals surface area contributed by atoms with Crippen molar-refractivity contribution in [3.63, 3.8) is 0 Å². The monoisotopic (exact) mass is 277 g/mol. The van der Waals surface area contributed by atoms with E-state index in [4.69, 9.17) is 10.5 Å². The summed E-state index contributed by atoms with van der Waals surface area (Å²) in [6.45, 7) is 8.74. The summed E-state index contributed by atoms with van der Waals surface area (Å²) in [4.78, 5) is 4.89. The van der Waals surface area contributed by atoms with Gasteiger partial charge in [-0.05, 0) is 38.6 Å². The lowest BCUT2D eigenvalue weighted by Crippen LogP contribution is -2.58. The van der Waals surface area contributed by atoms with Gasteiger partial charge in [-0.1, -0.05) is 12.1 Å². The Balaban J connectivity index is 1.95. The molecule has 112 valence electrons. The van der Waals surface area contributed by atoms with Crippen LogP contribution in [0.3, 0.4) is 0 Å². The molecule has 0 bridgehead atoms. The Morgan fingerprint density at radius 3 is 2.45 bits per heavy atom. The highest BCUT2D eigenvalue weighted by Gasteiger charge is 2.31. The van der Waals surface area contributed by atoms with Gasteiger partial charge in [0.25, 0.3) is 0 Å². The van der Waals surface area contributed by atoms with Crippen LogP contribution in [0.5, 0.6) is 5.75 Å². The van der Waals surface area contributed by atoms with E-state index in [1.54, 1.807) is 7.11 Å². The number of piperazine rings is 1. The third-order valence-electron chi connectivity index (χ3n) is 4.39. The second-order valence-electron chi connectivity index (χ2n) is 6.35. The molecule has 1 aliphatic heterocycles. The zero-order valence-electron chi connectivity index (χ0n) is 13.1. The standard InChI is InChI=1S/C16H27N3O/c1-16(2)12-19(10-9-18(16)3)11-15(17)13-5-7-14(20-4)8-6-13/h5-8,15H,9-12,17H2,1-4H3. The average molecular weight is 277 g/mol. The molecule has 0 aliphatic carbocycles. The van der Waals surface area contributed by atoms with Crippen molar-refractivity contribution in [1.29, 1.82) is 0 Å². The number of benzene rings is 1. The normalized spacial score (nSPS) is 21.6. The van der Waals surface area contributed by atoms with Gasteiger partial charge in [0.15, 0.2) is 0 Å². The summed E-state index contributed by atoms with van der Waals surface area (Å²) in [5, 5.41) is 0. The SMILES string of the molecule is COc1ccc(C(N)CN2CCN(C)C(C)(C)C2)cc1. The first kappa shape index (κ1) is 15.3. The summed E-state index contributed by atoms with van der Waals surface area (Å²) in [6.07, 6.45) is 0. The lowest BCUT2D eigenvalue weighted by Gasteiger charge is -2.46. The van der Waals surface area contributed by atoms with Crippen molar-refractivity contribution >= 4 is 0 Å². The lowest BCUT2D eigenvalue weighted by atomic mass is 9.98. The molecular formula is C16H27N3O. The van der Waals surface area contributed by atoms with Crippen molar-refractivity contribution in [1.82, 2.24) is 9.80 Å². The molecular weight excluding hydrogens is 250 g/mol. The number of rotatable bonds is 4. The summed E-state index contributed by atoms with van der Waals surface area (Å²) in [7, 11) is 3.88. The fourth-order valence-corrected chi connectivity index (χ4v) is 2.73. The smallest absolute Gasteiger partial charge is 0.118 e. The van der Waals surface area contributed by atoms with Gasteiger partial charge in [0, 0.05) is 37.8 Å². The van der Waals surface area contributed by atoms with Crippen LogP contribution in [0.4, 0.5) is 0 Å². The summed E-state index contributed by atoms with van der Waals surface area (Å²) >= 11 is 0. The highest BCUT2D eigenvalue weighted by molar-refractivity contribution is 5.29. The topological polar surface area (TPSA) is 41.7 Å². The fourth-order valence-electron chi connectivity index (χ4n) is 2.73. The molecule has 2 N–H and O–H groups in total. The first-order chi connectivity index (χ1) is 9.42. The van der Waals surface area contributed by atoms with E-state index in [1.807, 2.05) is 12.1 Å². The fraction of sp³-hybridized carbons (Fsp3) is 0.625. The van der Waals surface area contributed by atoms with Crippen LogP contribution >= 0.6 is 0 Å². The molecule has 1 aliphatic rings. The first-order valence-corrected chi connectivity index (χ1v) is 7.25. The van der Waals surface area contributed by atoms with E-state index in [-0.39, 0.29) is 11.6 Å². The summed E-state index contributed by atoms with van der Waals surface area (Å²) in [5.74, 6) is 0.877. The van der Waals surface area contributed by atoms with Crippen LogP contribution < -0.4 is 10.5 Å². The zero-order chi connectivity index (χ0) is 14.8. The van der Waals surface area contributed by atoms with Crippen LogP contribution in [0.15, 0.2) is 24.3 Å². The van der Waals surface area contributed by atoms with Gasteiger partial charge >= 0.3 is 0 Å². The maximum absolute atomic E-state index is 6.34. The van der Waals surface area contributed by atoms with Crippen molar-refractivity contribution in [3.05, 3.63) is 29.8 Å². The van der Waals surface area contributed by atoms with Crippen molar-refractivity contribution in [2.75, 3.05) is 40.3 Å². The molecule has 0 spiro atoms. The highest BCUT2D eigenvalue weighted by atomic mass is 16.5. The number of ether oxygens (including phenoxy) is 1. The third-order valence-corrected chi connectivity index (χ3v) is 4.39. The van der Waals surface area contributed by atoms with E-state index < -0.39 is 0 Å². The van der Waals surface area contributed by atoms with Gasteiger partial charge in [-0.2, -0.15) is 0 Å². The lowest BCUT2D eigenvalue weighted by molar-refractivity contribution is 0.0372. The third kappa shape index (κ3) is 3.51. The van der Waals surface area contributed by atoms with Gasteiger partial charge in [-0.25, -0.2) is 0 Å². The molecule has 1 aromatic rings. The number of nitrogens with two attached hydrogens (primary N) is 1. The van der Waals surface area contributed by atoms with Crippen LogP contribution in [0, 0.1) is 0 Å². The molecule has 1 saturated heterocycles. The van der Waals surface area contributed by atoms with E-state index in [2.05, 4.69) is 42.8 Å². The van der Waals surface area contributed by atoms with Crippen molar-refractivity contribution in [3.8, 4) is 5.75 Å². The Hall–Kier alpha value is -1.10. The average Bonchev–Trinajstić information content (AvgIpc) is 2.42. The summed E-state index contributed by atoms with van der Waals surface area (Å²) in [5.41, 5.74) is 7.73. The Bertz CT molecular complexity index is 430. The molecule has 20 heavy (non-hydrogen) atoms. The minimum absolute atomic E-state index is 0.0557. The molecule has 1 heterocycles. The number of nitrogens with zero attached hydrogens (tertiary/aromatic N) is 2. The predicted molar refractivity (Wildman–Crippen MR) is 83.1 cm³/mol. The van der Waals surface area contributed by atoms with Crippen LogP contribution in [0.2, 0.25) is 0 Å². The maximum atomic E-state index is 6.34. The zero-order valence-corrected chi connectivity index (χ0v) is 13.1. The Morgan fingerprint density at radius 2 is 1.90 bits per heavy atom. The molecule has 1 atom stereocenters. The number of methoxy groups -OCH3 is 1. The molecule has 0 radical (unpaired) electrons. The van der Waals surface area contributed by atoms with E-state index in [9.17, 15) is 0 Å². The minimum Gasteiger partial charge on any atom is -0.497 e. The molecule has 1 aromatic carbocycles. The molecule has 1 unspecified atom stereocenters. The van der Waals surface area contributed by atoms with Gasteiger partial charge in [-0.15, -0.1) is 0 Å². The molecule has 0 saturated carbocycles. The summed E-state index contributed by atoms with van der Waals surface area (Å²) in [6, 6.07) is 8.13. The second kappa shape index (κ2) is 6.12. The van der Waals surface area contributed by atoms with Gasteiger partial charge in [0.2, 0.25) is 0 Å². The summed E-state index contributed by atoms with van der Waals surface area (Å²) < 4.78 is 5.18. The van der Waals surface area contributed by atoms with Crippen molar-refractivity contribution in [2.45, 2.75) is 25.4 Å². The second-order valence-corrected chi connectivity index (χ2v) is 6.35. The van der Waals surface area contributed by atoms with Crippen LogP contribution in [0.25, 0.3) is 0 Å². The minimum atomic E-state index is 0.0557. The van der Waals surface area contributed by atoms with Crippen LogP contribution in [-0.4, -0.2) is 55.7 Å². The number of hydrogen-bond donors (Lipinski definition) is 1. The Kier molecular flexibility index (Phi) is 4.68. The quantitative estimate of drug-likeness (QED) is 0.910. The molecule has 0 aromatic heterocycles. The van der Waals surface area contributed by atoms with Crippen molar-refractivity contribution < 1.29 is 4.74 Å². The predicted octanol–water partition coefficient (Wildman–Crippen LogP) is 1.72. The van der Waals surface area contributed by atoms with Crippen LogP contribution in [0.1, 0.15) is 25.5 Å². The van der Waals surface area contributed by atoms with Gasteiger partial charge in [-0.3, -0.25) is 9.80 Å². The van der Waals surface area contributed by atoms with Gasteiger partial charge in [0.1, 0.15) is 5.75 Å². The van der Waals surface area contributed by atoms with E-state index in [1.165, 1.54) is 5.56 Å². The maximum Gasteiger partial charge on any atom is 0.118 e. The van der Waals surface area contributed by atoms with Gasteiger partial charge < -0.3 is 10.5 Å². The van der Waals surface area contributed by atoms with Crippen molar-refractivity contribution in [2.24, 2.45) is 5.73 Å². The number of likely N-dealkylation sites (N-methyl/N-ethyl adjacent to an activating group) is 1. The van der Waals surface area contributed by atoms with E-state index in [0.29, 0.717) is 0 Å². The van der Waals surface area contributed by atoms with E-state index in [0.717, 1.165) is 31.9 Å². The molecule has 4 nitrogen and oxygen atoms in total. The van der Waals surface area contributed by atoms with E-state index >= 15 is 0 Å². The number of hydrogen-bond acceptors (Lipinski definition) is 4. The molecule has 2 rings (SSSR count). The molecule has 1 fully saturated rings.